The third-order valence-electron chi connectivity index (χ3n) is 10.3. The van der Waals surface area contributed by atoms with E-state index in [1.807, 2.05) is 0 Å². The van der Waals surface area contributed by atoms with E-state index in [0.717, 1.165) is 17.9 Å². The molecule has 0 atom stereocenters. The lowest BCUT2D eigenvalue weighted by Gasteiger charge is -2.39. The highest BCUT2D eigenvalue weighted by Gasteiger charge is 2.36. The molecule has 2 heteroatoms. The molecule has 3 aromatic carbocycles. The van der Waals surface area contributed by atoms with Crippen molar-refractivity contribution >= 4 is 21.5 Å². The lowest BCUT2D eigenvalue weighted by atomic mass is 9.66. The third-order valence-corrected chi connectivity index (χ3v) is 10.3. The van der Waals surface area contributed by atoms with Crippen LogP contribution in [0.5, 0.6) is 11.5 Å². The minimum Gasteiger partial charge on any atom is -0.455 e. The fourth-order valence-corrected chi connectivity index (χ4v) is 7.87. The van der Waals surface area contributed by atoms with Gasteiger partial charge in [-0.05, 0) is 102 Å². The molecule has 0 saturated heterocycles. The molecule has 0 bridgehead atoms. The van der Waals surface area contributed by atoms with E-state index in [-0.39, 0.29) is 0 Å². The fraction of sp³-hybridized carbons (Fsp3) is 0.441. The largest absolute Gasteiger partial charge is 0.455 e. The van der Waals surface area contributed by atoms with Crippen molar-refractivity contribution in [3.63, 3.8) is 0 Å². The zero-order chi connectivity index (χ0) is 24.6. The van der Waals surface area contributed by atoms with E-state index in [4.69, 9.17) is 4.74 Å². The van der Waals surface area contributed by atoms with Gasteiger partial charge in [0.25, 0.3) is 0 Å². The molecular formula is C34H38NO+. The molecule has 4 aromatic rings. The molecule has 0 amide bonds. The summed E-state index contributed by atoms with van der Waals surface area (Å²) < 4.78 is 9.33. The number of aryl methyl sites for hydroxylation is 4. The zero-order valence-electron chi connectivity index (χ0n) is 22.3. The fourth-order valence-electron chi connectivity index (χ4n) is 7.87. The second kappa shape index (κ2) is 8.07. The molecule has 0 radical (unpaired) electrons. The van der Waals surface area contributed by atoms with Crippen LogP contribution in [0.4, 0.5) is 0 Å². The Morgan fingerprint density at radius 3 is 2.58 bits per heavy atom. The second-order valence-electron chi connectivity index (χ2n) is 11.8. The Balaban J connectivity index is 1.43. The highest BCUT2D eigenvalue weighted by Crippen LogP contribution is 2.54. The van der Waals surface area contributed by atoms with Crippen LogP contribution < -0.4 is 9.30 Å². The van der Waals surface area contributed by atoms with Gasteiger partial charge in [-0.1, -0.05) is 51.0 Å². The predicted octanol–water partition coefficient (Wildman–Crippen LogP) is 8.85. The minimum atomic E-state index is 0.566. The molecule has 1 aliphatic heterocycles. The van der Waals surface area contributed by atoms with Crippen LogP contribution in [-0.2, 0) is 19.9 Å². The number of fused-ring (bicyclic) bond motifs is 3. The highest BCUT2D eigenvalue weighted by atomic mass is 16.5. The number of hydrogen-bond donors (Lipinski definition) is 0. The summed E-state index contributed by atoms with van der Waals surface area (Å²) >= 11 is 0. The van der Waals surface area contributed by atoms with Gasteiger partial charge in [-0.2, -0.15) is 0 Å². The molecule has 1 aromatic heterocycles. The van der Waals surface area contributed by atoms with Crippen LogP contribution in [0.3, 0.4) is 0 Å². The van der Waals surface area contributed by atoms with Crippen molar-refractivity contribution < 1.29 is 9.30 Å². The summed E-state index contributed by atoms with van der Waals surface area (Å²) in [7, 11) is 2.20. The Bertz CT molecular complexity index is 1530. The predicted molar refractivity (Wildman–Crippen MR) is 149 cm³/mol. The van der Waals surface area contributed by atoms with Crippen molar-refractivity contribution in [3.05, 3.63) is 64.8 Å². The number of hydrogen-bond acceptors (Lipinski definition) is 1. The first kappa shape index (κ1) is 22.3. The van der Waals surface area contributed by atoms with Gasteiger partial charge in [0.05, 0.1) is 10.9 Å². The Kier molecular flexibility index (Phi) is 5.00. The lowest BCUT2D eigenvalue weighted by Crippen LogP contribution is -2.32. The van der Waals surface area contributed by atoms with Gasteiger partial charge >= 0.3 is 0 Å². The first-order valence-electron chi connectivity index (χ1n) is 14.2. The molecule has 0 N–H and O–H groups in total. The van der Waals surface area contributed by atoms with Crippen LogP contribution in [-0.4, -0.2) is 0 Å². The van der Waals surface area contributed by atoms with Gasteiger partial charge < -0.3 is 4.74 Å². The molecule has 1 saturated carbocycles. The van der Waals surface area contributed by atoms with Gasteiger partial charge in [-0.3, -0.25) is 0 Å². The number of aromatic nitrogens is 1. The molecular weight excluding hydrogens is 438 g/mol. The average Bonchev–Trinajstić information content (AvgIpc) is 2.92. The number of nitrogens with zero attached hydrogens (tertiary/aromatic N) is 1. The van der Waals surface area contributed by atoms with Gasteiger partial charge in [0.15, 0.2) is 6.20 Å². The van der Waals surface area contributed by atoms with Crippen LogP contribution in [0.1, 0.15) is 87.0 Å². The minimum absolute atomic E-state index is 0.566. The van der Waals surface area contributed by atoms with E-state index in [9.17, 15) is 0 Å². The van der Waals surface area contributed by atoms with Crippen molar-refractivity contribution in [3.8, 4) is 22.8 Å². The molecule has 36 heavy (non-hydrogen) atoms. The van der Waals surface area contributed by atoms with E-state index < -0.39 is 0 Å². The Hall–Kier alpha value is -2.87. The van der Waals surface area contributed by atoms with E-state index in [2.05, 4.69) is 75.0 Å². The Morgan fingerprint density at radius 1 is 1.00 bits per heavy atom. The van der Waals surface area contributed by atoms with Crippen LogP contribution in [0.15, 0.2) is 42.6 Å². The van der Waals surface area contributed by atoms with Crippen molar-refractivity contribution in [2.45, 2.75) is 84.5 Å². The summed E-state index contributed by atoms with van der Waals surface area (Å²) in [5.74, 6) is 2.84. The number of ether oxygens (including phenoxy) is 1. The summed E-state index contributed by atoms with van der Waals surface area (Å²) in [5, 5.41) is 5.47. The lowest BCUT2D eigenvalue weighted by molar-refractivity contribution is -0.659. The second-order valence-corrected chi connectivity index (χ2v) is 11.8. The van der Waals surface area contributed by atoms with E-state index >= 15 is 0 Å². The smallest absolute Gasteiger partial charge is 0.228 e. The van der Waals surface area contributed by atoms with Crippen LogP contribution in [0, 0.1) is 12.3 Å². The van der Waals surface area contributed by atoms with Crippen molar-refractivity contribution in [1.82, 2.24) is 0 Å². The maximum Gasteiger partial charge on any atom is 0.228 e. The maximum absolute atomic E-state index is 7.01. The van der Waals surface area contributed by atoms with Gasteiger partial charge in [0.1, 0.15) is 18.5 Å². The van der Waals surface area contributed by atoms with Gasteiger partial charge in [0, 0.05) is 11.6 Å². The van der Waals surface area contributed by atoms with Crippen LogP contribution in [0.25, 0.3) is 32.8 Å². The van der Waals surface area contributed by atoms with E-state index in [0.29, 0.717) is 11.3 Å². The van der Waals surface area contributed by atoms with Crippen LogP contribution in [0.2, 0.25) is 0 Å². The molecule has 0 spiro atoms. The molecule has 7 rings (SSSR count). The van der Waals surface area contributed by atoms with E-state index in [1.165, 1.54) is 106 Å². The zero-order valence-corrected chi connectivity index (χ0v) is 22.3. The summed E-state index contributed by atoms with van der Waals surface area (Å²) in [6.07, 6.45) is 13.7. The Labute approximate surface area is 215 Å². The molecule has 0 unspecified atom stereocenters. The quantitative estimate of drug-likeness (QED) is 0.237. The molecule has 2 nitrogen and oxygen atoms in total. The highest BCUT2D eigenvalue weighted by molar-refractivity contribution is 6.07. The third kappa shape index (κ3) is 3.06. The molecule has 2 aliphatic carbocycles. The molecule has 1 fully saturated rings. The summed E-state index contributed by atoms with van der Waals surface area (Å²) in [6.45, 7) is 7.08. The standard InChI is InChI=1S/C34H38NO/c1-5-34(6-2)16-13-22(14-17-34)25-19-24-15-18-35(4)32-29-21(3)26-11-7-9-23-10-8-12-27(30(23)26)33(29)36-28(20-25)31(24)32/h7,9,11,15,18-20,22H,5-6,8,10,12-14,16-17H2,1-4H3/q+1. The average molecular weight is 477 g/mol. The monoisotopic (exact) mass is 476 g/mol. The topological polar surface area (TPSA) is 13.1 Å². The number of pyridine rings is 1. The number of rotatable bonds is 3. The summed E-state index contributed by atoms with van der Waals surface area (Å²) in [4.78, 5) is 0. The summed E-state index contributed by atoms with van der Waals surface area (Å²) in [5.41, 5.74) is 8.94. The van der Waals surface area contributed by atoms with Gasteiger partial charge in [-0.15, -0.1) is 0 Å². The molecule has 184 valence electrons. The summed E-state index contributed by atoms with van der Waals surface area (Å²) in [6, 6.07) is 14.1. The van der Waals surface area contributed by atoms with E-state index in [1.54, 1.807) is 0 Å². The number of benzene rings is 3. The van der Waals surface area contributed by atoms with Gasteiger partial charge in [-0.25, -0.2) is 4.57 Å². The molecule has 2 heterocycles. The maximum atomic E-state index is 7.01. The van der Waals surface area contributed by atoms with Crippen molar-refractivity contribution in [2.24, 2.45) is 12.5 Å². The van der Waals surface area contributed by atoms with Crippen molar-refractivity contribution in [2.75, 3.05) is 0 Å². The normalized spacial score (nSPS) is 18.3. The van der Waals surface area contributed by atoms with Gasteiger partial charge in [0.2, 0.25) is 5.69 Å². The first-order chi connectivity index (χ1) is 17.5. The SMILES string of the molecule is CCC1(CC)CCC(c2cc3c4c([n+](C)ccc4c2)-c2c(c4c5c(cccc5c2C)CCC4)O3)CC1. The first-order valence-corrected chi connectivity index (χ1v) is 14.2. The molecule has 3 aliphatic rings. The van der Waals surface area contributed by atoms with Crippen LogP contribution >= 0.6 is 0 Å². The Morgan fingerprint density at radius 2 is 1.81 bits per heavy atom. The van der Waals surface area contributed by atoms with Crippen molar-refractivity contribution in [1.29, 1.82) is 0 Å².